The lowest BCUT2D eigenvalue weighted by molar-refractivity contribution is -0.111. The molecule has 0 aliphatic heterocycles. The quantitative estimate of drug-likeness (QED) is 0.665. The van der Waals surface area contributed by atoms with Gasteiger partial charge >= 0.3 is 5.97 Å². The number of methoxy groups -OCH3 is 1. The van der Waals surface area contributed by atoms with E-state index in [2.05, 4.69) is 26.0 Å². The third-order valence-electron chi connectivity index (χ3n) is 2.89. The maximum atomic E-state index is 11.9. The molecule has 5 heteroatoms. The van der Waals surface area contributed by atoms with Gasteiger partial charge in [0, 0.05) is 10.5 Å². The predicted molar refractivity (Wildman–Crippen MR) is 89.6 cm³/mol. The summed E-state index contributed by atoms with van der Waals surface area (Å²) in [5.74, 6) is -0.619. The van der Waals surface area contributed by atoms with Crippen LogP contribution < -0.4 is 5.32 Å². The first-order valence-electron chi connectivity index (χ1n) is 6.52. The van der Waals surface area contributed by atoms with E-state index in [1.807, 2.05) is 18.2 Å². The Morgan fingerprint density at radius 3 is 2.41 bits per heavy atom. The van der Waals surface area contributed by atoms with Gasteiger partial charge in [-0.05, 0) is 51.8 Å². The molecule has 0 aromatic heterocycles. The number of para-hydroxylation sites is 1. The first-order chi connectivity index (χ1) is 10.6. The van der Waals surface area contributed by atoms with Crippen molar-refractivity contribution in [1.29, 1.82) is 0 Å². The van der Waals surface area contributed by atoms with Crippen molar-refractivity contribution in [3.63, 3.8) is 0 Å². The predicted octanol–water partition coefficient (Wildman–Crippen LogP) is 3.89. The van der Waals surface area contributed by atoms with Crippen LogP contribution in [-0.2, 0) is 9.53 Å². The first-order valence-corrected chi connectivity index (χ1v) is 7.31. The second kappa shape index (κ2) is 7.56. The Morgan fingerprint density at radius 2 is 1.77 bits per heavy atom. The van der Waals surface area contributed by atoms with E-state index in [9.17, 15) is 9.59 Å². The molecule has 4 nitrogen and oxygen atoms in total. The van der Waals surface area contributed by atoms with Gasteiger partial charge in [0.05, 0.1) is 18.4 Å². The Hall–Kier alpha value is -2.40. The van der Waals surface area contributed by atoms with Crippen molar-refractivity contribution in [2.24, 2.45) is 0 Å². The fraction of sp³-hybridized carbons (Fsp3) is 0.0588. The van der Waals surface area contributed by atoms with Crippen molar-refractivity contribution in [3.8, 4) is 0 Å². The molecule has 2 rings (SSSR count). The van der Waals surface area contributed by atoms with Crippen molar-refractivity contribution in [3.05, 3.63) is 70.2 Å². The highest BCUT2D eigenvalue weighted by Crippen LogP contribution is 2.21. The zero-order valence-electron chi connectivity index (χ0n) is 11.9. The molecule has 0 bridgehead atoms. The summed E-state index contributed by atoms with van der Waals surface area (Å²) >= 11 is 3.37. The number of halogens is 1. The molecule has 0 saturated heterocycles. The lowest BCUT2D eigenvalue weighted by Crippen LogP contribution is -2.08. The van der Waals surface area contributed by atoms with E-state index in [1.54, 1.807) is 36.4 Å². The number of anilines is 1. The molecule has 22 heavy (non-hydrogen) atoms. The SMILES string of the molecule is COC(=O)c1ccc(/C=C/C(=O)Nc2ccccc2Br)cc1. The number of ether oxygens (including phenoxy) is 1. The van der Waals surface area contributed by atoms with Crippen LogP contribution in [0.5, 0.6) is 0 Å². The minimum absolute atomic E-state index is 0.232. The molecule has 112 valence electrons. The maximum absolute atomic E-state index is 11.9. The summed E-state index contributed by atoms with van der Waals surface area (Å²) in [6.45, 7) is 0. The second-order valence-electron chi connectivity index (χ2n) is 4.42. The molecular formula is C17H14BrNO3. The molecule has 2 aromatic carbocycles. The molecule has 0 aliphatic carbocycles. The molecule has 0 unspecified atom stereocenters. The minimum Gasteiger partial charge on any atom is -0.465 e. The van der Waals surface area contributed by atoms with E-state index in [0.29, 0.717) is 11.3 Å². The van der Waals surface area contributed by atoms with Gasteiger partial charge in [0.15, 0.2) is 0 Å². The number of benzene rings is 2. The molecule has 1 N–H and O–H groups in total. The van der Waals surface area contributed by atoms with Gasteiger partial charge in [0.2, 0.25) is 5.91 Å². The van der Waals surface area contributed by atoms with Crippen molar-refractivity contribution in [2.45, 2.75) is 0 Å². The Bertz CT molecular complexity index is 708. The van der Waals surface area contributed by atoms with Crippen molar-refractivity contribution >= 4 is 39.6 Å². The van der Waals surface area contributed by atoms with E-state index < -0.39 is 0 Å². The molecule has 0 atom stereocenters. The van der Waals surface area contributed by atoms with E-state index >= 15 is 0 Å². The third kappa shape index (κ3) is 4.30. The molecular weight excluding hydrogens is 346 g/mol. The Kier molecular flexibility index (Phi) is 5.49. The number of hydrogen-bond donors (Lipinski definition) is 1. The number of esters is 1. The van der Waals surface area contributed by atoms with Gasteiger partial charge in [0.1, 0.15) is 0 Å². The van der Waals surface area contributed by atoms with Crippen molar-refractivity contribution in [2.75, 3.05) is 12.4 Å². The smallest absolute Gasteiger partial charge is 0.337 e. The number of nitrogens with one attached hydrogen (secondary N) is 1. The zero-order chi connectivity index (χ0) is 15.9. The summed E-state index contributed by atoms with van der Waals surface area (Å²) < 4.78 is 5.45. The fourth-order valence-electron chi connectivity index (χ4n) is 1.76. The average Bonchev–Trinajstić information content (AvgIpc) is 2.55. The highest BCUT2D eigenvalue weighted by molar-refractivity contribution is 9.10. The Labute approximate surface area is 136 Å². The second-order valence-corrected chi connectivity index (χ2v) is 5.27. The normalized spacial score (nSPS) is 10.5. The van der Waals surface area contributed by atoms with Crippen LogP contribution in [0.25, 0.3) is 6.08 Å². The summed E-state index contributed by atoms with van der Waals surface area (Å²) in [5, 5.41) is 2.77. The van der Waals surface area contributed by atoms with E-state index in [-0.39, 0.29) is 11.9 Å². The molecule has 2 aromatic rings. The van der Waals surface area contributed by atoms with Crippen LogP contribution in [0.15, 0.2) is 59.1 Å². The van der Waals surface area contributed by atoms with Crippen LogP contribution in [0.2, 0.25) is 0 Å². The lowest BCUT2D eigenvalue weighted by atomic mass is 10.1. The summed E-state index contributed by atoms with van der Waals surface area (Å²) in [6.07, 6.45) is 3.11. The molecule has 0 aliphatic rings. The van der Waals surface area contributed by atoms with Gasteiger partial charge in [-0.25, -0.2) is 4.79 Å². The number of amides is 1. The number of rotatable bonds is 4. The maximum Gasteiger partial charge on any atom is 0.337 e. The number of carbonyl (C=O) groups excluding carboxylic acids is 2. The Balaban J connectivity index is 2.01. The monoisotopic (exact) mass is 359 g/mol. The third-order valence-corrected chi connectivity index (χ3v) is 3.58. The zero-order valence-corrected chi connectivity index (χ0v) is 13.5. The van der Waals surface area contributed by atoms with Crippen molar-refractivity contribution < 1.29 is 14.3 Å². The largest absolute Gasteiger partial charge is 0.465 e. The molecule has 0 saturated carbocycles. The van der Waals surface area contributed by atoms with E-state index in [0.717, 1.165) is 10.0 Å². The highest BCUT2D eigenvalue weighted by Gasteiger charge is 2.04. The molecule has 1 amide bonds. The molecule has 0 spiro atoms. The summed E-state index contributed by atoms with van der Waals surface area (Å²) in [6, 6.07) is 14.2. The van der Waals surface area contributed by atoms with Gasteiger partial charge in [-0.3, -0.25) is 4.79 Å². The topological polar surface area (TPSA) is 55.4 Å². The highest BCUT2D eigenvalue weighted by atomic mass is 79.9. The van der Waals surface area contributed by atoms with Gasteiger partial charge < -0.3 is 10.1 Å². The summed E-state index contributed by atoms with van der Waals surface area (Å²) in [4.78, 5) is 23.2. The van der Waals surface area contributed by atoms with Crippen LogP contribution in [0.1, 0.15) is 15.9 Å². The standard InChI is InChI=1S/C17H14BrNO3/c1-22-17(21)13-9-6-12(7-10-13)8-11-16(20)19-15-5-3-2-4-14(15)18/h2-11H,1H3,(H,19,20)/b11-8+. The molecule has 0 fully saturated rings. The minimum atomic E-state index is -0.387. The van der Waals surface area contributed by atoms with Crippen LogP contribution >= 0.6 is 15.9 Å². The van der Waals surface area contributed by atoms with Crippen LogP contribution in [-0.4, -0.2) is 19.0 Å². The Morgan fingerprint density at radius 1 is 1.09 bits per heavy atom. The number of carbonyl (C=O) groups is 2. The fourth-order valence-corrected chi connectivity index (χ4v) is 2.14. The van der Waals surface area contributed by atoms with Crippen LogP contribution in [0.4, 0.5) is 5.69 Å². The van der Waals surface area contributed by atoms with E-state index in [4.69, 9.17) is 0 Å². The van der Waals surface area contributed by atoms with Crippen LogP contribution in [0, 0.1) is 0 Å². The summed E-state index contributed by atoms with van der Waals surface area (Å²) in [7, 11) is 1.34. The van der Waals surface area contributed by atoms with E-state index in [1.165, 1.54) is 13.2 Å². The number of hydrogen-bond acceptors (Lipinski definition) is 3. The van der Waals surface area contributed by atoms with Crippen molar-refractivity contribution in [1.82, 2.24) is 0 Å². The van der Waals surface area contributed by atoms with Crippen LogP contribution in [0.3, 0.4) is 0 Å². The molecule has 0 radical (unpaired) electrons. The van der Waals surface area contributed by atoms with Gasteiger partial charge in [-0.15, -0.1) is 0 Å². The van der Waals surface area contributed by atoms with Gasteiger partial charge in [0.25, 0.3) is 0 Å². The first kappa shape index (κ1) is 16.0. The van der Waals surface area contributed by atoms with Gasteiger partial charge in [-0.2, -0.15) is 0 Å². The summed E-state index contributed by atoms with van der Waals surface area (Å²) in [5.41, 5.74) is 1.99. The average molecular weight is 360 g/mol. The van der Waals surface area contributed by atoms with Gasteiger partial charge in [-0.1, -0.05) is 24.3 Å². The molecule has 0 heterocycles. The lowest BCUT2D eigenvalue weighted by Gasteiger charge is -2.04.